The van der Waals surface area contributed by atoms with Crippen LogP contribution in [0.5, 0.6) is 0 Å². The summed E-state index contributed by atoms with van der Waals surface area (Å²) in [6, 6.07) is 0. The molecule has 0 aliphatic rings. The molecule has 0 bridgehead atoms. The highest BCUT2D eigenvalue weighted by molar-refractivity contribution is 7.86. The molecule has 0 saturated carbocycles. The normalized spacial score (nSPS) is 14.2. The molecule has 0 atom stereocenters. The van der Waals surface area contributed by atoms with Gasteiger partial charge >= 0.3 is 6.35 Å². The molecule has 0 spiro atoms. The second-order valence-electron chi connectivity index (χ2n) is 5.67. The van der Waals surface area contributed by atoms with Gasteiger partial charge in [-0.25, -0.2) is 0 Å². The van der Waals surface area contributed by atoms with Gasteiger partial charge in [0.15, 0.2) is 0 Å². The molecule has 0 rings (SSSR count). The third kappa shape index (κ3) is 5.07. The molecule has 0 aromatic heterocycles. The first-order valence-electron chi connectivity index (χ1n) is 5.04. The van der Waals surface area contributed by atoms with Crippen molar-refractivity contribution in [3.63, 3.8) is 0 Å². The molecule has 0 unspecified atom stereocenters. The van der Waals surface area contributed by atoms with E-state index in [9.17, 15) is 8.42 Å². The van der Waals surface area contributed by atoms with Gasteiger partial charge in [0.25, 0.3) is 10.1 Å². The van der Waals surface area contributed by atoms with Crippen LogP contribution in [0, 0.1) is 0 Å². The van der Waals surface area contributed by atoms with Gasteiger partial charge in [-0.05, 0) is 0 Å². The Morgan fingerprint density at radius 2 is 1.50 bits per heavy atom. The summed E-state index contributed by atoms with van der Waals surface area (Å²) in [5.41, 5.74) is 0. The van der Waals surface area contributed by atoms with Gasteiger partial charge in [0, 0.05) is 0 Å². The van der Waals surface area contributed by atoms with Crippen LogP contribution in [0.3, 0.4) is 0 Å². The van der Waals surface area contributed by atoms with E-state index in [4.69, 9.17) is 4.18 Å². The zero-order valence-corrected chi connectivity index (χ0v) is 11.9. The molecule has 96 valence electrons. The second kappa shape index (κ2) is 4.83. The first-order chi connectivity index (χ1) is 6.90. The van der Waals surface area contributed by atoms with Gasteiger partial charge in [0.05, 0.1) is 48.0 Å². The van der Waals surface area contributed by atoms with Crippen LogP contribution in [0.1, 0.15) is 0 Å². The van der Waals surface area contributed by atoms with Crippen LogP contribution in [0.2, 0.25) is 0 Å². The topological polar surface area (TPSA) is 43.4 Å². The van der Waals surface area contributed by atoms with E-state index in [1.165, 1.54) is 6.08 Å². The number of quaternary nitrogens is 2. The molecule has 6 heteroatoms. The molecule has 0 aliphatic carbocycles. The Morgan fingerprint density at radius 1 is 1.12 bits per heavy atom. The molecule has 5 nitrogen and oxygen atoms in total. The molecule has 0 aromatic rings. The monoisotopic (exact) mass is 252 g/mol. The molecular formula is C10H24N2O3S+2. The third-order valence-electron chi connectivity index (χ3n) is 1.88. The minimum Gasteiger partial charge on any atom is -0.255 e. The van der Waals surface area contributed by atoms with Gasteiger partial charge in [-0.3, -0.25) is 8.97 Å². The maximum atomic E-state index is 11.6. The maximum absolute atomic E-state index is 11.6. The summed E-state index contributed by atoms with van der Waals surface area (Å²) in [6.07, 6.45) is 0.850. The van der Waals surface area contributed by atoms with Crippen molar-refractivity contribution >= 4 is 10.1 Å². The number of rotatable bonds is 6. The summed E-state index contributed by atoms with van der Waals surface area (Å²) < 4.78 is 29.3. The fraction of sp³-hybridized carbons (Fsp3) is 0.800. The zero-order valence-electron chi connectivity index (χ0n) is 11.1. The highest BCUT2D eigenvalue weighted by Crippen LogP contribution is 2.16. The smallest absolute Gasteiger partial charge is 0.255 e. The molecule has 0 N–H and O–H groups in total. The Bertz CT molecular complexity index is 322. The summed E-state index contributed by atoms with van der Waals surface area (Å²) in [5.74, 6) is -0.163. The second-order valence-corrected chi connectivity index (χ2v) is 7.31. The van der Waals surface area contributed by atoms with Gasteiger partial charge in [-0.15, -0.1) is 6.58 Å². The van der Waals surface area contributed by atoms with E-state index in [0.29, 0.717) is 8.97 Å². The standard InChI is InChI=1S/C10H24N2O3S/c1-8-9-16(13,14)15-10(11(2,3)4)12(5,6)7/h8,10H,1,9H2,2-7H3/q+2. The van der Waals surface area contributed by atoms with Gasteiger partial charge < -0.3 is 0 Å². The molecule has 0 saturated heterocycles. The van der Waals surface area contributed by atoms with Crippen LogP contribution >= 0.6 is 0 Å². The average molecular weight is 252 g/mol. The van der Waals surface area contributed by atoms with Crippen molar-refractivity contribution in [2.75, 3.05) is 48.0 Å². The van der Waals surface area contributed by atoms with Crippen LogP contribution in [0.4, 0.5) is 0 Å². The summed E-state index contributed by atoms with van der Waals surface area (Å²) in [7, 11) is 7.86. The van der Waals surface area contributed by atoms with Crippen molar-refractivity contribution in [1.82, 2.24) is 0 Å². The Hall–Kier alpha value is -0.430. The van der Waals surface area contributed by atoms with Crippen LogP contribution < -0.4 is 0 Å². The molecule has 0 fully saturated rings. The van der Waals surface area contributed by atoms with E-state index < -0.39 is 16.5 Å². The minimum absolute atomic E-state index is 0.163. The van der Waals surface area contributed by atoms with E-state index in [-0.39, 0.29) is 5.75 Å². The Balaban J connectivity index is 5.06. The van der Waals surface area contributed by atoms with Gasteiger partial charge in [-0.2, -0.15) is 12.6 Å². The van der Waals surface area contributed by atoms with Crippen molar-refractivity contribution in [3.8, 4) is 0 Å². The highest BCUT2D eigenvalue weighted by Gasteiger charge is 2.40. The van der Waals surface area contributed by atoms with Crippen LogP contribution in [0.15, 0.2) is 12.7 Å². The van der Waals surface area contributed by atoms with Gasteiger partial charge in [0.1, 0.15) is 0 Å². The fourth-order valence-corrected chi connectivity index (χ4v) is 2.76. The van der Waals surface area contributed by atoms with Crippen molar-refractivity contribution in [3.05, 3.63) is 12.7 Å². The first-order valence-corrected chi connectivity index (χ1v) is 6.62. The van der Waals surface area contributed by atoms with E-state index in [1.807, 2.05) is 42.3 Å². The predicted octanol–water partition coefficient (Wildman–Crippen LogP) is 0.215. The SMILES string of the molecule is C=CCS(=O)(=O)OC([N+](C)(C)C)[N+](C)(C)C. The number of hydrogen-bond donors (Lipinski definition) is 0. The van der Waals surface area contributed by atoms with Crippen LogP contribution in [-0.4, -0.2) is 71.8 Å². The summed E-state index contributed by atoms with van der Waals surface area (Å²) >= 11 is 0. The highest BCUT2D eigenvalue weighted by atomic mass is 32.2. The van der Waals surface area contributed by atoms with Crippen molar-refractivity contribution in [1.29, 1.82) is 0 Å². The van der Waals surface area contributed by atoms with E-state index in [2.05, 4.69) is 6.58 Å². The third-order valence-corrected chi connectivity index (χ3v) is 2.99. The van der Waals surface area contributed by atoms with Crippen molar-refractivity contribution < 1.29 is 21.6 Å². The summed E-state index contributed by atoms with van der Waals surface area (Å²) in [6.45, 7) is 3.41. The van der Waals surface area contributed by atoms with E-state index in [0.717, 1.165) is 0 Å². The molecule has 0 heterocycles. The first kappa shape index (κ1) is 15.6. The minimum atomic E-state index is -3.55. The average Bonchev–Trinajstić information content (AvgIpc) is 1.96. The summed E-state index contributed by atoms with van der Waals surface area (Å²) in [4.78, 5) is 0. The molecule has 0 radical (unpaired) electrons. The fourth-order valence-electron chi connectivity index (χ4n) is 1.61. The van der Waals surface area contributed by atoms with Gasteiger partial charge in [0.2, 0.25) is 0 Å². The van der Waals surface area contributed by atoms with Crippen molar-refractivity contribution in [2.45, 2.75) is 6.35 Å². The van der Waals surface area contributed by atoms with Crippen molar-refractivity contribution in [2.24, 2.45) is 0 Å². The molecule has 0 amide bonds. The Labute approximate surface area is 99.2 Å². The molecule has 0 aromatic carbocycles. The quantitative estimate of drug-likeness (QED) is 0.294. The van der Waals surface area contributed by atoms with E-state index in [1.54, 1.807) is 0 Å². The largest absolute Gasteiger partial charge is 0.346 e. The lowest BCUT2D eigenvalue weighted by atomic mass is 10.5. The summed E-state index contributed by atoms with van der Waals surface area (Å²) in [5, 5.41) is 0. The molecular weight excluding hydrogens is 228 g/mol. The predicted molar refractivity (Wildman–Crippen MR) is 64.9 cm³/mol. The molecule has 16 heavy (non-hydrogen) atoms. The Morgan fingerprint density at radius 3 is 1.75 bits per heavy atom. The lowest BCUT2D eigenvalue weighted by molar-refractivity contribution is -1.11. The van der Waals surface area contributed by atoms with E-state index >= 15 is 0 Å². The van der Waals surface area contributed by atoms with Crippen LogP contribution in [0.25, 0.3) is 0 Å². The maximum Gasteiger partial charge on any atom is 0.346 e. The number of hydrogen-bond acceptors (Lipinski definition) is 3. The lowest BCUT2D eigenvalue weighted by Crippen LogP contribution is -2.62. The Kier molecular flexibility index (Phi) is 4.70. The van der Waals surface area contributed by atoms with Crippen LogP contribution in [-0.2, 0) is 14.3 Å². The van der Waals surface area contributed by atoms with Gasteiger partial charge in [-0.1, -0.05) is 6.08 Å². The lowest BCUT2D eigenvalue weighted by Gasteiger charge is -2.40. The molecule has 0 aliphatic heterocycles. The zero-order chi connectivity index (χ0) is 13.2. The number of nitrogens with zero attached hydrogens (tertiary/aromatic N) is 2.